The van der Waals surface area contributed by atoms with Gasteiger partial charge in [-0.05, 0) is 242 Å². The van der Waals surface area contributed by atoms with E-state index in [0.717, 1.165) is 137 Å². The van der Waals surface area contributed by atoms with Crippen LogP contribution in [0.3, 0.4) is 0 Å². The van der Waals surface area contributed by atoms with Crippen molar-refractivity contribution in [3.05, 3.63) is 252 Å². The molecule has 7 heteroatoms. The molecular formula is C89H106O7. The molecule has 10 atom stereocenters. The zero-order valence-electron chi connectivity index (χ0n) is 59.6. The highest BCUT2D eigenvalue weighted by Crippen LogP contribution is 2.54. The number of allylic oxidation sites excluding steroid dienone is 15. The normalized spacial score (nSPS) is 23.0. The molecule has 7 nitrogen and oxygen atoms in total. The minimum atomic E-state index is -0.112. The maximum Gasteiger partial charge on any atom is 0.128 e. The molecule has 96 heavy (non-hydrogen) atoms. The highest BCUT2D eigenvalue weighted by molar-refractivity contribution is 5.74. The number of hydrogen-bond acceptors (Lipinski definition) is 7. The van der Waals surface area contributed by atoms with E-state index in [1.807, 2.05) is 52.8 Å². The van der Waals surface area contributed by atoms with Crippen molar-refractivity contribution < 1.29 is 35.7 Å². The molecule has 0 saturated carbocycles. The van der Waals surface area contributed by atoms with Gasteiger partial charge in [0.15, 0.2) is 0 Å². The van der Waals surface area contributed by atoms with Crippen molar-refractivity contribution in [2.45, 2.75) is 184 Å². The number of aromatic hydroxyl groups is 7. The summed E-state index contributed by atoms with van der Waals surface area (Å²) in [5.41, 5.74) is 22.2. The summed E-state index contributed by atoms with van der Waals surface area (Å²) in [5.74, 6) is 7.88. The van der Waals surface area contributed by atoms with Gasteiger partial charge in [-0.15, -0.1) is 12.8 Å². The summed E-state index contributed by atoms with van der Waals surface area (Å²) in [4.78, 5) is 0. The lowest BCUT2D eigenvalue weighted by atomic mass is 9.70. The Morgan fingerprint density at radius 3 is 1.06 bits per heavy atom. The molecule has 0 saturated heterocycles. The lowest BCUT2D eigenvalue weighted by molar-refractivity contribution is 0.394. The molecule has 5 aliphatic rings. The van der Waals surface area contributed by atoms with Crippen LogP contribution < -0.4 is 0 Å². The second kappa shape index (κ2) is 32.6. The maximum atomic E-state index is 11.6. The third-order valence-electron chi connectivity index (χ3n) is 20.5. The van der Waals surface area contributed by atoms with Crippen LogP contribution in [0, 0.1) is 75.0 Å². The van der Waals surface area contributed by atoms with E-state index in [0.29, 0.717) is 28.4 Å². The van der Waals surface area contributed by atoms with Gasteiger partial charge in [-0.3, -0.25) is 0 Å². The van der Waals surface area contributed by atoms with E-state index in [4.69, 9.17) is 12.8 Å². The fraction of sp³-hybridized carbons (Fsp3) is 0.371. The van der Waals surface area contributed by atoms with Crippen molar-refractivity contribution in [2.75, 3.05) is 0 Å². The van der Waals surface area contributed by atoms with Crippen LogP contribution in [0.25, 0.3) is 12.2 Å². The first kappa shape index (κ1) is 74.4. The van der Waals surface area contributed by atoms with Gasteiger partial charge >= 0.3 is 0 Å². The van der Waals surface area contributed by atoms with Crippen molar-refractivity contribution in [3.63, 3.8) is 0 Å². The number of phenolic OH excluding ortho intramolecular Hbond substituents is 7. The van der Waals surface area contributed by atoms with E-state index in [2.05, 4.69) is 155 Å². The number of hydrogen-bond donors (Lipinski definition) is 7. The molecular weight excluding hydrogens is 1180 g/mol. The summed E-state index contributed by atoms with van der Waals surface area (Å²) in [6.07, 6.45) is 36.8. The van der Waals surface area contributed by atoms with Crippen LogP contribution in [0.1, 0.15) is 230 Å². The second-order valence-electron chi connectivity index (χ2n) is 28.7. The molecule has 5 aromatic carbocycles. The quantitative estimate of drug-likeness (QED) is 0.0375. The summed E-state index contributed by atoms with van der Waals surface area (Å²) in [7, 11) is 0. The summed E-state index contributed by atoms with van der Waals surface area (Å²) in [6, 6.07) is 20.3. The Morgan fingerprint density at radius 2 is 0.677 bits per heavy atom. The fourth-order valence-electron chi connectivity index (χ4n) is 15.4. The van der Waals surface area contributed by atoms with Gasteiger partial charge in [0.2, 0.25) is 0 Å². The molecule has 0 radical (unpaired) electrons. The Bertz CT molecular complexity index is 4050. The van der Waals surface area contributed by atoms with Crippen molar-refractivity contribution >= 4 is 12.2 Å². The van der Waals surface area contributed by atoms with Crippen molar-refractivity contribution in [2.24, 2.45) is 29.6 Å². The zero-order valence-corrected chi connectivity index (χ0v) is 59.6. The average Bonchev–Trinajstić information content (AvgIpc) is 0.779. The topological polar surface area (TPSA) is 142 Å². The standard InChI is InChI=1S/C28H34O2.C25H28O2.C19H22O.C17H22O2/c1-8-20-15-25(29)27(24-14-19(7)10-12-22(24)17(4)5)28(30)26(20)23-13-18(6)9-11-21(23)16(2)3;1-16(2)22-12-7-18(4)13-23(22)25-20(14-21(26)15-24(25)27)11-10-19-8-5-17(3)6-9-19;1-6-15-9-14(5)11-18(20)19(15)17-10-13(4)7-8-16(17)12(2)3;1-10(2)13-6-5-11(3)7-14(13)17-15(18)8-12(4)9-16(17)19/h1,13-15,21-24,29-30H,2,4,9-12H2,3,5-7H3;5-6,8-11,13-15,22-23,26-27H,1,7,12H2,2-4H3;1,9-11,16-17,20H,2,7-8H2,3-5H3;7-9,13-14,18-19H,1,5-6H2,2-4H3/b;11-10+;;. The van der Waals surface area contributed by atoms with Crippen molar-refractivity contribution in [1.29, 1.82) is 0 Å². The molecule has 0 amide bonds. The van der Waals surface area contributed by atoms with Gasteiger partial charge in [-0.25, -0.2) is 0 Å². The maximum absolute atomic E-state index is 11.6. The second-order valence-corrected chi connectivity index (χ2v) is 28.7. The summed E-state index contributed by atoms with van der Waals surface area (Å²) >= 11 is 0. The average molecular weight is 1290 g/mol. The lowest BCUT2D eigenvalue weighted by Crippen LogP contribution is -2.20. The monoisotopic (exact) mass is 1290 g/mol. The van der Waals surface area contributed by atoms with E-state index in [-0.39, 0.29) is 87.8 Å². The van der Waals surface area contributed by atoms with Crippen LogP contribution in [0.4, 0.5) is 0 Å². The Kier molecular flexibility index (Phi) is 25.3. The van der Waals surface area contributed by atoms with Gasteiger partial charge in [-0.1, -0.05) is 173 Å². The molecule has 0 bridgehead atoms. The van der Waals surface area contributed by atoms with Crippen LogP contribution in [-0.2, 0) is 0 Å². The first-order valence-corrected chi connectivity index (χ1v) is 34.2. The highest BCUT2D eigenvalue weighted by Gasteiger charge is 2.37. The van der Waals surface area contributed by atoms with Crippen molar-refractivity contribution in [3.8, 4) is 64.9 Å². The van der Waals surface area contributed by atoms with Gasteiger partial charge < -0.3 is 35.7 Å². The summed E-state index contributed by atoms with van der Waals surface area (Å²) in [5, 5.41) is 74.0. The Balaban J connectivity index is 0.000000184. The van der Waals surface area contributed by atoms with E-state index in [9.17, 15) is 35.7 Å². The van der Waals surface area contributed by atoms with Crippen LogP contribution in [0.5, 0.6) is 40.2 Å². The molecule has 504 valence electrons. The number of phenols is 7. The van der Waals surface area contributed by atoms with Gasteiger partial charge in [-0.2, -0.15) is 0 Å². The van der Waals surface area contributed by atoms with E-state index >= 15 is 0 Å². The van der Waals surface area contributed by atoms with Gasteiger partial charge in [0.1, 0.15) is 40.2 Å². The summed E-state index contributed by atoms with van der Waals surface area (Å²) in [6.45, 7) is 47.5. The molecule has 5 aliphatic carbocycles. The van der Waals surface area contributed by atoms with E-state index in [1.165, 1.54) is 39.5 Å². The van der Waals surface area contributed by atoms with Crippen LogP contribution >= 0.6 is 0 Å². The Hall–Kier alpha value is -9.04. The van der Waals surface area contributed by atoms with Crippen LogP contribution in [0.15, 0.2) is 186 Å². The van der Waals surface area contributed by atoms with Gasteiger partial charge in [0, 0.05) is 74.6 Å². The van der Waals surface area contributed by atoms with Crippen LogP contribution in [-0.4, -0.2) is 35.7 Å². The SMILES string of the molecule is C#Cc1cc(C)cc(O)c1C1C=C(C)CCC1C(=C)C.C#Cc1cc(O)c(C2C=C(C)CCC2C(=C)C)c(O)c1C1C=C(C)CCC1C(=C)C.C=C(C)C1CCC(C)=CC1c1c(O)cc(C)cc1O.C=C(C)C1CCC(C)=CC1c1c(O)cc(O)cc1/C=C/c1ccc(C)cc1. The zero-order chi connectivity index (χ0) is 70.7. The molecule has 10 unspecified atom stereocenters. The number of terminal acetylenes is 2. The van der Waals surface area contributed by atoms with Crippen molar-refractivity contribution in [1.82, 2.24) is 0 Å². The predicted molar refractivity (Wildman–Crippen MR) is 403 cm³/mol. The third-order valence-corrected chi connectivity index (χ3v) is 20.5. The van der Waals surface area contributed by atoms with Gasteiger partial charge in [0.05, 0.1) is 0 Å². The number of rotatable bonds is 12. The number of aryl methyl sites for hydroxylation is 3. The lowest BCUT2D eigenvalue weighted by Gasteiger charge is -2.35. The molecule has 0 heterocycles. The third kappa shape index (κ3) is 17.9. The molecule has 0 spiro atoms. The molecule has 0 fully saturated rings. The smallest absolute Gasteiger partial charge is 0.128 e. The molecule has 0 aromatic heterocycles. The highest BCUT2D eigenvalue weighted by atomic mass is 16.3. The molecule has 0 aliphatic heterocycles. The Morgan fingerprint density at radius 1 is 0.365 bits per heavy atom. The first-order chi connectivity index (χ1) is 45.3. The Labute approximate surface area is 575 Å². The van der Waals surface area contributed by atoms with E-state index in [1.54, 1.807) is 30.3 Å². The van der Waals surface area contributed by atoms with E-state index < -0.39 is 0 Å². The van der Waals surface area contributed by atoms with Crippen LogP contribution in [0.2, 0.25) is 0 Å². The fourth-order valence-corrected chi connectivity index (χ4v) is 15.4. The van der Waals surface area contributed by atoms with Gasteiger partial charge in [0.25, 0.3) is 0 Å². The number of benzene rings is 5. The summed E-state index contributed by atoms with van der Waals surface area (Å²) < 4.78 is 0. The molecule has 10 rings (SSSR count). The largest absolute Gasteiger partial charge is 0.508 e. The minimum Gasteiger partial charge on any atom is -0.508 e. The minimum absolute atomic E-state index is 0.0202. The molecule has 5 aromatic rings. The predicted octanol–water partition coefficient (Wildman–Crippen LogP) is 22.8. The first-order valence-electron chi connectivity index (χ1n) is 34.2. The molecule has 7 N–H and O–H groups in total.